The Balaban J connectivity index is 2.17. The highest BCUT2D eigenvalue weighted by Gasteiger charge is 2.29. The SMILES string of the molecule is CC(C)(C)c1cc(-c2nc(C(N)=O)nn2CC2CCCCC2)cc(C(C)(C)C)c1O. The van der Waals surface area contributed by atoms with Crippen molar-refractivity contribution in [3.8, 4) is 17.1 Å². The van der Waals surface area contributed by atoms with Crippen LogP contribution in [0.2, 0.25) is 0 Å². The molecule has 6 heteroatoms. The van der Waals surface area contributed by atoms with Crippen molar-refractivity contribution in [2.75, 3.05) is 0 Å². The highest BCUT2D eigenvalue weighted by molar-refractivity contribution is 5.89. The number of phenolic OH excluding ortho intramolecular Hbond substituents is 1. The molecule has 1 aliphatic rings. The normalized spacial score (nSPS) is 16.1. The molecular formula is C24H36N4O2. The van der Waals surface area contributed by atoms with Crippen molar-refractivity contribution in [3.05, 3.63) is 29.1 Å². The van der Waals surface area contributed by atoms with Gasteiger partial charge in [0.25, 0.3) is 5.91 Å². The van der Waals surface area contributed by atoms with E-state index in [2.05, 4.69) is 51.6 Å². The van der Waals surface area contributed by atoms with Gasteiger partial charge < -0.3 is 10.8 Å². The first-order valence-corrected chi connectivity index (χ1v) is 11.0. The summed E-state index contributed by atoms with van der Waals surface area (Å²) in [6.45, 7) is 13.2. The number of carbonyl (C=O) groups excluding carboxylic acids is 1. The number of hydrogen-bond acceptors (Lipinski definition) is 4. The van der Waals surface area contributed by atoms with E-state index in [1.807, 2.05) is 16.8 Å². The number of carbonyl (C=O) groups is 1. The van der Waals surface area contributed by atoms with Gasteiger partial charge in [-0.15, -0.1) is 5.10 Å². The maximum Gasteiger partial charge on any atom is 0.288 e. The molecule has 3 rings (SSSR count). The molecular weight excluding hydrogens is 376 g/mol. The van der Waals surface area contributed by atoms with Gasteiger partial charge in [0, 0.05) is 23.2 Å². The lowest BCUT2D eigenvalue weighted by atomic mass is 9.78. The molecule has 1 fully saturated rings. The quantitative estimate of drug-likeness (QED) is 0.745. The van der Waals surface area contributed by atoms with Crippen molar-refractivity contribution < 1.29 is 9.90 Å². The van der Waals surface area contributed by atoms with Gasteiger partial charge in [-0.1, -0.05) is 60.8 Å². The molecule has 30 heavy (non-hydrogen) atoms. The van der Waals surface area contributed by atoms with Gasteiger partial charge in [-0.05, 0) is 41.7 Å². The van der Waals surface area contributed by atoms with Crippen molar-refractivity contribution >= 4 is 5.91 Å². The summed E-state index contributed by atoms with van der Waals surface area (Å²) in [6, 6.07) is 3.97. The summed E-state index contributed by atoms with van der Waals surface area (Å²) in [5, 5.41) is 15.5. The van der Waals surface area contributed by atoms with E-state index in [0.717, 1.165) is 23.2 Å². The summed E-state index contributed by atoms with van der Waals surface area (Å²) in [4.78, 5) is 16.4. The third-order valence-electron chi connectivity index (χ3n) is 6.03. The van der Waals surface area contributed by atoms with Crippen LogP contribution >= 0.6 is 0 Å². The minimum absolute atomic E-state index is 0.0449. The number of aromatic nitrogens is 3. The van der Waals surface area contributed by atoms with Crippen LogP contribution in [0.3, 0.4) is 0 Å². The lowest BCUT2D eigenvalue weighted by molar-refractivity contribution is 0.0990. The molecule has 3 N–H and O–H groups in total. The summed E-state index contributed by atoms with van der Waals surface area (Å²) < 4.78 is 1.85. The number of hydrogen-bond donors (Lipinski definition) is 2. The monoisotopic (exact) mass is 412 g/mol. The Morgan fingerprint density at radius 2 is 1.60 bits per heavy atom. The Labute approximate surface area is 179 Å². The second-order valence-electron chi connectivity index (χ2n) is 10.7. The molecule has 0 unspecified atom stereocenters. The van der Waals surface area contributed by atoms with Crippen LogP contribution in [0, 0.1) is 5.92 Å². The highest BCUT2D eigenvalue weighted by Crippen LogP contribution is 2.42. The third-order valence-corrected chi connectivity index (χ3v) is 6.03. The maximum atomic E-state index is 11.8. The fourth-order valence-corrected chi connectivity index (χ4v) is 4.31. The predicted octanol–water partition coefficient (Wildman–Crippen LogP) is 4.92. The molecule has 1 aromatic carbocycles. The first-order chi connectivity index (χ1) is 13.9. The van der Waals surface area contributed by atoms with Crippen molar-refractivity contribution in [2.24, 2.45) is 11.7 Å². The Hall–Kier alpha value is -2.37. The lowest BCUT2D eigenvalue weighted by Gasteiger charge is -2.28. The van der Waals surface area contributed by atoms with E-state index in [0.29, 0.717) is 17.5 Å². The van der Waals surface area contributed by atoms with E-state index in [9.17, 15) is 9.90 Å². The van der Waals surface area contributed by atoms with Gasteiger partial charge in [0.2, 0.25) is 5.82 Å². The van der Waals surface area contributed by atoms with Gasteiger partial charge in [-0.25, -0.2) is 9.67 Å². The number of rotatable bonds is 4. The van der Waals surface area contributed by atoms with E-state index >= 15 is 0 Å². The molecule has 0 saturated heterocycles. The molecule has 1 amide bonds. The average Bonchev–Trinajstić information content (AvgIpc) is 3.05. The zero-order chi connectivity index (χ0) is 22.3. The number of phenols is 1. The van der Waals surface area contributed by atoms with E-state index in [1.54, 1.807) is 0 Å². The number of nitrogens with zero attached hydrogens (tertiary/aromatic N) is 3. The first-order valence-electron chi connectivity index (χ1n) is 11.0. The molecule has 1 aromatic heterocycles. The predicted molar refractivity (Wildman–Crippen MR) is 120 cm³/mol. The number of benzene rings is 1. The largest absolute Gasteiger partial charge is 0.507 e. The van der Waals surface area contributed by atoms with Gasteiger partial charge in [0.15, 0.2) is 5.82 Å². The van der Waals surface area contributed by atoms with Gasteiger partial charge in [0.05, 0.1) is 0 Å². The van der Waals surface area contributed by atoms with Crippen LogP contribution in [-0.4, -0.2) is 25.8 Å². The zero-order valence-corrected chi connectivity index (χ0v) is 19.2. The van der Waals surface area contributed by atoms with Crippen LogP contribution in [0.4, 0.5) is 0 Å². The minimum atomic E-state index is -0.621. The Kier molecular flexibility index (Phi) is 5.99. The number of nitrogens with two attached hydrogens (primary N) is 1. The zero-order valence-electron chi connectivity index (χ0n) is 19.2. The summed E-state index contributed by atoms with van der Waals surface area (Å²) in [6.07, 6.45) is 6.09. The van der Waals surface area contributed by atoms with Crippen LogP contribution < -0.4 is 5.73 Å². The fraction of sp³-hybridized carbons (Fsp3) is 0.625. The Morgan fingerprint density at radius 3 is 2.07 bits per heavy atom. The average molecular weight is 413 g/mol. The van der Waals surface area contributed by atoms with Crippen molar-refractivity contribution in [1.82, 2.24) is 14.8 Å². The molecule has 2 aromatic rings. The molecule has 0 radical (unpaired) electrons. The topological polar surface area (TPSA) is 94.0 Å². The fourth-order valence-electron chi connectivity index (χ4n) is 4.31. The number of aromatic hydroxyl groups is 1. The van der Waals surface area contributed by atoms with E-state index in [-0.39, 0.29) is 16.7 Å². The van der Waals surface area contributed by atoms with Crippen molar-refractivity contribution in [3.63, 3.8) is 0 Å². The molecule has 0 bridgehead atoms. The molecule has 164 valence electrons. The summed E-state index contributed by atoms with van der Waals surface area (Å²) >= 11 is 0. The maximum absolute atomic E-state index is 11.8. The highest BCUT2D eigenvalue weighted by atomic mass is 16.3. The Bertz CT molecular complexity index is 891. The van der Waals surface area contributed by atoms with E-state index < -0.39 is 5.91 Å². The van der Waals surface area contributed by atoms with E-state index in [1.165, 1.54) is 32.1 Å². The third kappa shape index (κ3) is 4.68. The molecule has 6 nitrogen and oxygen atoms in total. The first kappa shape index (κ1) is 22.3. The smallest absolute Gasteiger partial charge is 0.288 e. The van der Waals surface area contributed by atoms with Crippen molar-refractivity contribution in [1.29, 1.82) is 0 Å². The van der Waals surface area contributed by atoms with E-state index in [4.69, 9.17) is 5.73 Å². The van der Waals surface area contributed by atoms with Gasteiger partial charge in [-0.3, -0.25) is 4.79 Å². The molecule has 0 spiro atoms. The number of primary amides is 1. The minimum Gasteiger partial charge on any atom is -0.507 e. The van der Waals surface area contributed by atoms with Gasteiger partial charge >= 0.3 is 0 Å². The second-order valence-corrected chi connectivity index (χ2v) is 10.7. The van der Waals surface area contributed by atoms with Crippen LogP contribution in [0.15, 0.2) is 12.1 Å². The molecule has 1 aliphatic carbocycles. The van der Waals surface area contributed by atoms with Crippen LogP contribution in [0.5, 0.6) is 5.75 Å². The van der Waals surface area contributed by atoms with Gasteiger partial charge in [0.1, 0.15) is 5.75 Å². The number of amides is 1. The lowest BCUT2D eigenvalue weighted by Crippen LogP contribution is -2.19. The van der Waals surface area contributed by atoms with Crippen LogP contribution in [0.25, 0.3) is 11.4 Å². The summed E-state index contributed by atoms with van der Waals surface area (Å²) in [5.41, 5.74) is 7.59. The van der Waals surface area contributed by atoms with Gasteiger partial charge in [-0.2, -0.15) is 0 Å². The van der Waals surface area contributed by atoms with Crippen molar-refractivity contribution in [2.45, 2.75) is 91.0 Å². The second kappa shape index (κ2) is 8.05. The Morgan fingerprint density at radius 1 is 1.07 bits per heavy atom. The van der Waals surface area contributed by atoms with Crippen LogP contribution in [0.1, 0.15) is 95.4 Å². The summed E-state index contributed by atoms with van der Waals surface area (Å²) in [7, 11) is 0. The molecule has 1 saturated carbocycles. The molecule has 0 atom stereocenters. The standard InChI is InChI=1S/C24H36N4O2/c1-23(2,3)17-12-16(13-18(19(17)29)24(4,5)6)22-26-21(20(25)30)27-28(22)14-15-10-8-7-9-11-15/h12-13,15,29H,7-11,14H2,1-6H3,(H2,25,30). The molecule has 1 heterocycles. The van der Waals surface area contributed by atoms with Crippen LogP contribution in [-0.2, 0) is 17.4 Å². The molecule has 0 aliphatic heterocycles. The summed E-state index contributed by atoms with van der Waals surface area (Å²) in [5.74, 6) is 0.923.